The second kappa shape index (κ2) is 7.32. The zero-order valence-electron chi connectivity index (χ0n) is 13.6. The molecule has 1 aliphatic heterocycles. The summed E-state index contributed by atoms with van der Waals surface area (Å²) < 4.78 is 12.2. The summed E-state index contributed by atoms with van der Waals surface area (Å²) >= 11 is 3.40. The van der Waals surface area contributed by atoms with Crippen molar-refractivity contribution in [3.63, 3.8) is 0 Å². The lowest BCUT2D eigenvalue weighted by molar-refractivity contribution is -0.0387. The van der Waals surface area contributed by atoms with Crippen molar-refractivity contribution in [2.45, 2.75) is 26.0 Å². The van der Waals surface area contributed by atoms with Gasteiger partial charge in [-0.2, -0.15) is 0 Å². The third-order valence-corrected chi connectivity index (χ3v) is 4.36. The molecular formula is C18H19BrN2O3. The lowest BCUT2D eigenvalue weighted by Gasteiger charge is -2.36. The lowest BCUT2D eigenvalue weighted by Crippen LogP contribution is -2.50. The van der Waals surface area contributed by atoms with Crippen LogP contribution in [0.4, 0.5) is 0 Å². The first kappa shape index (κ1) is 16.9. The van der Waals surface area contributed by atoms with Crippen molar-refractivity contribution in [2.75, 3.05) is 13.2 Å². The van der Waals surface area contributed by atoms with E-state index in [1.165, 1.54) is 0 Å². The van der Waals surface area contributed by atoms with E-state index in [4.69, 9.17) is 9.47 Å². The van der Waals surface area contributed by atoms with E-state index in [1.807, 2.05) is 43.0 Å². The molecule has 1 aromatic heterocycles. The molecule has 1 fully saturated rings. The Morgan fingerprint density at radius 3 is 2.88 bits per heavy atom. The zero-order valence-corrected chi connectivity index (χ0v) is 15.2. The molecule has 126 valence electrons. The predicted molar refractivity (Wildman–Crippen MR) is 94.4 cm³/mol. The molecule has 2 aromatic rings. The number of rotatable bonds is 3. The maximum Gasteiger partial charge on any atom is 0.255 e. The van der Waals surface area contributed by atoms with E-state index in [0.29, 0.717) is 30.3 Å². The van der Waals surface area contributed by atoms with Crippen molar-refractivity contribution in [1.29, 1.82) is 0 Å². The largest absolute Gasteiger partial charge is 0.439 e. The van der Waals surface area contributed by atoms with E-state index in [1.54, 1.807) is 18.3 Å². The van der Waals surface area contributed by atoms with Crippen LogP contribution in [0.3, 0.4) is 0 Å². The van der Waals surface area contributed by atoms with Crippen LogP contribution in [-0.2, 0) is 4.74 Å². The van der Waals surface area contributed by atoms with Crippen molar-refractivity contribution in [3.8, 4) is 11.6 Å². The van der Waals surface area contributed by atoms with Crippen molar-refractivity contribution in [3.05, 3.63) is 52.6 Å². The summed E-state index contributed by atoms with van der Waals surface area (Å²) in [6.07, 6.45) is 1.61. The number of benzene rings is 1. The number of amides is 1. The topological polar surface area (TPSA) is 51.7 Å². The molecule has 0 aliphatic carbocycles. The average Bonchev–Trinajstić information content (AvgIpc) is 2.57. The van der Waals surface area contributed by atoms with Gasteiger partial charge in [0.05, 0.1) is 24.3 Å². The fourth-order valence-corrected chi connectivity index (χ4v) is 2.95. The molecule has 2 atom stereocenters. The van der Waals surface area contributed by atoms with Crippen LogP contribution in [0.2, 0.25) is 0 Å². The standard InChI is InChI=1S/C18H19BrN2O3/c1-12-11-23-13(2)10-21(12)18(22)14-6-7-17(20-9-14)24-16-5-3-4-15(19)8-16/h3-9,12-13H,10-11H2,1-2H3. The summed E-state index contributed by atoms with van der Waals surface area (Å²) in [5, 5.41) is 0. The second-order valence-electron chi connectivity index (χ2n) is 5.90. The zero-order chi connectivity index (χ0) is 17.1. The minimum atomic E-state index is -0.0286. The number of morpholine rings is 1. The Kier molecular flexibility index (Phi) is 5.16. The van der Waals surface area contributed by atoms with Gasteiger partial charge in [0, 0.05) is 23.3 Å². The number of hydrogen-bond acceptors (Lipinski definition) is 4. The Morgan fingerprint density at radius 1 is 1.33 bits per heavy atom. The van der Waals surface area contributed by atoms with Crippen LogP contribution in [0.25, 0.3) is 0 Å². The average molecular weight is 391 g/mol. The molecule has 2 heterocycles. The van der Waals surface area contributed by atoms with E-state index in [-0.39, 0.29) is 18.1 Å². The Morgan fingerprint density at radius 2 is 2.17 bits per heavy atom. The quantitative estimate of drug-likeness (QED) is 0.797. The molecule has 5 nitrogen and oxygen atoms in total. The first-order chi connectivity index (χ1) is 11.5. The van der Waals surface area contributed by atoms with Gasteiger partial charge in [0.2, 0.25) is 5.88 Å². The summed E-state index contributed by atoms with van der Waals surface area (Å²) in [6, 6.07) is 11.0. The molecule has 6 heteroatoms. The molecule has 0 bridgehead atoms. The number of nitrogens with zero attached hydrogens (tertiary/aromatic N) is 2. The number of carbonyl (C=O) groups is 1. The summed E-state index contributed by atoms with van der Waals surface area (Å²) in [7, 11) is 0. The Hall–Kier alpha value is -1.92. The van der Waals surface area contributed by atoms with E-state index in [0.717, 1.165) is 4.47 Å². The molecular weight excluding hydrogens is 372 g/mol. The van der Waals surface area contributed by atoms with E-state index in [2.05, 4.69) is 20.9 Å². The lowest BCUT2D eigenvalue weighted by atomic mass is 10.1. The fraction of sp³-hybridized carbons (Fsp3) is 0.333. The molecule has 1 aliphatic rings. The molecule has 0 N–H and O–H groups in total. The maximum atomic E-state index is 12.7. The van der Waals surface area contributed by atoms with Crippen LogP contribution in [0.1, 0.15) is 24.2 Å². The summed E-state index contributed by atoms with van der Waals surface area (Å²) in [5.41, 5.74) is 0.553. The molecule has 0 spiro atoms. The maximum absolute atomic E-state index is 12.7. The first-order valence-corrected chi connectivity index (χ1v) is 8.64. The molecule has 1 saturated heterocycles. The number of halogens is 1. The predicted octanol–water partition coefficient (Wildman–Crippen LogP) is 3.89. The Bertz CT molecular complexity index is 720. The van der Waals surface area contributed by atoms with Gasteiger partial charge in [-0.1, -0.05) is 22.0 Å². The number of hydrogen-bond donors (Lipinski definition) is 0. The van der Waals surface area contributed by atoms with Gasteiger partial charge in [0.15, 0.2) is 0 Å². The van der Waals surface area contributed by atoms with Crippen LogP contribution >= 0.6 is 15.9 Å². The normalized spacial score (nSPS) is 20.7. The van der Waals surface area contributed by atoms with Gasteiger partial charge in [-0.25, -0.2) is 4.98 Å². The summed E-state index contributed by atoms with van der Waals surface area (Å²) in [5.74, 6) is 1.11. The molecule has 0 saturated carbocycles. The first-order valence-electron chi connectivity index (χ1n) is 7.85. The Balaban J connectivity index is 1.70. The SMILES string of the molecule is CC1CN(C(=O)c2ccc(Oc3cccc(Br)c3)nc2)C(C)CO1. The van der Waals surface area contributed by atoms with Crippen molar-refractivity contribution < 1.29 is 14.3 Å². The highest BCUT2D eigenvalue weighted by atomic mass is 79.9. The van der Waals surface area contributed by atoms with Crippen LogP contribution in [0, 0.1) is 0 Å². The molecule has 2 unspecified atom stereocenters. The van der Waals surface area contributed by atoms with Gasteiger partial charge in [0.25, 0.3) is 5.91 Å². The molecule has 0 radical (unpaired) electrons. The third kappa shape index (κ3) is 3.94. The monoisotopic (exact) mass is 390 g/mol. The molecule has 3 rings (SSSR count). The second-order valence-corrected chi connectivity index (χ2v) is 6.81. The van der Waals surface area contributed by atoms with E-state index in [9.17, 15) is 4.79 Å². The van der Waals surface area contributed by atoms with Crippen LogP contribution in [-0.4, -0.2) is 41.1 Å². The van der Waals surface area contributed by atoms with Crippen LogP contribution in [0.15, 0.2) is 47.1 Å². The van der Waals surface area contributed by atoms with Crippen LogP contribution < -0.4 is 4.74 Å². The number of carbonyl (C=O) groups excluding carboxylic acids is 1. The van der Waals surface area contributed by atoms with Gasteiger partial charge in [-0.15, -0.1) is 0 Å². The van der Waals surface area contributed by atoms with E-state index >= 15 is 0 Å². The van der Waals surface area contributed by atoms with Gasteiger partial charge in [-0.3, -0.25) is 4.79 Å². The van der Waals surface area contributed by atoms with Gasteiger partial charge in [0.1, 0.15) is 5.75 Å². The van der Waals surface area contributed by atoms with Crippen molar-refractivity contribution in [1.82, 2.24) is 9.88 Å². The Labute approximate surface area is 149 Å². The number of aromatic nitrogens is 1. The molecule has 1 amide bonds. The van der Waals surface area contributed by atoms with Crippen molar-refractivity contribution in [2.24, 2.45) is 0 Å². The minimum absolute atomic E-state index is 0.0286. The number of pyridine rings is 1. The third-order valence-electron chi connectivity index (χ3n) is 3.87. The van der Waals surface area contributed by atoms with Crippen LogP contribution in [0.5, 0.6) is 11.6 Å². The molecule has 24 heavy (non-hydrogen) atoms. The highest BCUT2D eigenvalue weighted by molar-refractivity contribution is 9.10. The summed E-state index contributed by atoms with van der Waals surface area (Å²) in [4.78, 5) is 18.7. The smallest absolute Gasteiger partial charge is 0.255 e. The van der Waals surface area contributed by atoms with Crippen molar-refractivity contribution >= 4 is 21.8 Å². The highest BCUT2D eigenvalue weighted by Gasteiger charge is 2.28. The highest BCUT2D eigenvalue weighted by Crippen LogP contribution is 2.23. The van der Waals surface area contributed by atoms with E-state index < -0.39 is 0 Å². The van der Waals surface area contributed by atoms with Gasteiger partial charge in [-0.05, 0) is 38.1 Å². The molecule has 1 aromatic carbocycles. The summed E-state index contributed by atoms with van der Waals surface area (Å²) in [6.45, 7) is 5.11. The van der Waals surface area contributed by atoms with Gasteiger partial charge < -0.3 is 14.4 Å². The number of ether oxygens (including phenoxy) is 2. The van der Waals surface area contributed by atoms with Gasteiger partial charge >= 0.3 is 0 Å². The minimum Gasteiger partial charge on any atom is -0.439 e. The fourth-order valence-electron chi connectivity index (χ4n) is 2.57.